The second-order valence-corrected chi connectivity index (χ2v) is 4.15. The topological polar surface area (TPSA) is 107 Å². The van der Waals surface area contributed by atoms with Crippen molar-refractivity contribution in [3.05, 3.63) is 16.4 Å². The standard InChI is InChI=1S/C10H15N5O3/c1-18-10-8(15(16)17)9(12-6-13-10)14-3-2-7(4-11)5-14/h6-7H,2-5,11H2,1H3. The predicted molar refractivity (Wildman–Crippen MR) is 64.6 cm³/mol. The molecule has 98 valence electrons. The number of hydrogen-bond acceptors (Lipinski definition) is 7. The van der Waals surface area contributed by atoms with Gasteiger partial charge in [0.2, 0.25) is 5.82 Å². The quantitative estimate of drug-likeness (QED) is 0.602. The third-order valence-electron chi connectivity index (χ3n) is 3.06. The van der Waals surface area contributed by atoms with Gasteiger partial charge in [0.05, 0.1) is 12.0 Å². The second kappa shape index (κ2) is 5.13. The molecule has 1 saturated heterocycles. The lowest BCUT2D eigenvalue weighted by Gasteiger charge is -2.17. The molecule has 1 fully saturated rings. The summed E-state index contributed by atoms with van der Waals surface area (Å²) in [5, 5.41) is 11.1. The van der Waals surface area contributed by atoms with Gasteiger partial charge in [0.25, 0.3) is 5.88 Å². The van der Waals surface area contributed by atoms with Gasteiger partial charge in [-0.15, -0.1) is 0 Å². The van der Waals surface area contributed by atoms with E-state index in [-0.39, 0.29) is 11.6 Å². The number of hydrogen-bond donors (Lipinski definition) is 1. The molecule has 1 aromatic rings. The van der Waals surface area contributed by atoms with Crippen molar-refractivity contribution in [2.45, 2.75) is 6.42 Å². The van der Waals surface area contributed by atoms with Crippen molar-refractivity contribution in [1.82, 2.24) is 9.97 Å². The van der Waals surface area contributed by atoms with Gasteiger partial charge in [-0.1, -0.05) is 0 Å². The van der Waals surface area contributed by atoms with E-state index >= 15 is 0 Å². The second-order valence-electron chi connectivity index (χ2n) is 4.15. The van der Waals surface area contributed by atoms with Crippen molar-refractivity contribution in [2.75, 3.05) is 31.6 Å². The molecule has 0 amide bonds. The van der Waals surface area contributed by atoms with E-state index in [0.717, 1.165) is 6.42 Å². The fraction of sp³-hybridized carbons (Fsp3) is 0.600. The predicted octanol–water partition coefficient (Wildman–Crippen LogP) is 0.178. The Labute approximate surface area is 104 Å². The first-order chi connectivity index (χ1) is 8.67. The fourth-order valence-corrected chi connectivity index (χ4v) is 2.11. The van der Waals surface area contributed by atoms with Crippen LogP contribution in [0.3, 0.4) is 0 Å². The van der Waals surface area contributed by atoms with Crippen molar-refractivity contribution in [3.8, 4) is 5.88 Å². The van der Waals surface area contributed by atoms with Crippen LogP contribution in [0.25, 0.3) is 0 Å². The molecule has 0 spiro atoms. The zero-order valence-corrected chi connectivity index (χ0v) is 10.1. The van der Waals surface area contributed by atoms with Crippen LogP contribution in [0.5, 0.6) is 5.88 Å². The van der Waals surface area contributed by atoms with Crippen LogP contribution in [0.15, 0.2) is 6.33 Å². The Bertz CT molecular complexity index is 453. The van der Waals surface area contributed by atoms with Crippen molar-refractivity contribution < 1.29 is 9.66 Å². The fourth-order valence-electron chi connectivity index (χ4n) is 2.11. The van der Waals surface area contributed by atoms with Crippen LogP contribution in [0.1, 0.15) is 6.42 Å². The summed E-state index contributed by atoms with van der Waals surface area (Å²) in [4.78, 5) is 20.2. The maximum atomic E-state index is 11.1. The SMILES string of the molecule is COc1ncnc(N2CCC(CN)C2)c1[N+](=O)[O-]. The number of aromatic nitrogens is 2. The molecular weight excluding hydrogens is 238 g/mol. The van der Waals surface area contributed by atoms with Gasteiger partial charge in [-0.3, -0.25) is 10.1 Å². The Kier molecular flexibility index (Phi) is 3.56. The number of nitro groups is 1. The first kappa shape index (κ1) is 12.5. The summed E-state index contributed by atoms with van der Waals surface area (Å²) in [6.07, 6.45) is 2.19. The van der Waals surface area contributed by atoms with Gasteiger partial charge in [-0.05, 0) is 18.9 Å². The lowest BCUT2D eigenvalue weighted by atomic mass is 10.1. The summed E-state index contributed by atoms with van der Waals surface area (Å²) < 4.78 is 4.92. The van der Waals surface area contributed by atoms with E-state index in [1.807, 2.05) is 4.90 Å². The highest BCUT2D eigenvalue weighted by molar-refractivity contribution is 5.63. The Morgan fingerprint density at radius 2 is 2.44 bits per heavy atom. The molecule has 1 aliphatic rings. The largest absolute Gasteiger partial charge is 0.476 e. The van der Waals surface area contributed by atoms with E-state index in [4.69, 9.17) is 10.5 Å². The Hall–Kier alpha value is -1.96. The molecule has 8 heteroatoms. The third kappa shape index (κ3) is 2.19. The average molecular weight is 253 g/mol. The van der Waals surface area contributed by atoms with Crippen LogP contribution in [0, 0.1) is 16.0 Å². The summed E-state index contributed by atoms with van der Waals surface area (Å²) in [6, 6.07) is 0. The third-order valence-corrected chi connectivity index (χ3v) is 3.06. The van der Waals surface area contributed by atoms with E-state index in [1.54, 1.807) is 0 Å². The van der Waals surface area contributed by atoms with Crippen molar-refractivity contribution in [1.29, 1.82) is 0 Å². The van der Waals surface area contributed by atoms with Crippen LogP contribution in [0.2, 0.25) is 0 Å². The average Bonchev–Trinajstić information content (AvgIpc) is 2.86. The van der Waals surface area contributed by atoms with Crippen LogP contribution in [-0.2, 0) is 0 Å². The Balaban J connectivity index is 2.36. The highest BCUT2D eigenvalue weighted by Gasteiger charge is 2.31. The molecule has 2 N–H and O–H groups in total. The van der Waals surface area contributed by atoms with Gasteiger partial charge < -0.3 is 15.4 Å². The monoisotopic (exact) mass is 253 g/mol. The van der Waals surface area contributed by atoms with E-state index < -0.39 is 4.92 Å². The number of methoxy groups -OCH3 is 1. The van der Waals surface area contributed by atoms with Gasteiger partial charge in [-0.2, -0.15) is 4.98 Å². The van der Waals surface area contributed by atoms with E-state index in [2.05, 4.69) is 9.97 Å². The van der Waals surface area contributed by atoms with E-state index in [1.165, 1.54) is 13.4 Å². The maximum absolute atomic E-state index is 11.1. The molecule has 0 aliphatic carbocycles. The molecule has 18 heavy (non-hydrogen) atoms. The van der Waals surface area contributed by atoms with Crippen molar-refractivity contribution in [3.63, 3.8) is 0 Å². The Morgan fingerprint density at radius 1 is 1.67 bits per heavy atom. The van der Waals surface area contributed by atoms with Crippen LogP contribution < -0.4 is 15.4 Å². The molecule has 2 heterocycles. The lowest BCUT2D eigenvalue weighted by molar-refractivity contribution is -0.385. The van der Waals surface area contributed by atoms with Crippen LogP contribution in [-0.4, -0.2) is 41.6 Å². The summed E-state index contributed by atoms with van der Waals surface area (Å²) in [7, 11) is 1.35. The number of ether oxygens (including phenoxy) is 1. The van der Waals surface area contributed by atoms with Crippen LogP contribution in [0.4, 0.5) is 11.5 Å². The summed E-state index contributed by atoms with van der Waals surface area (Å²) in [5.74, 6) is 0.648. The highest BCUT2D eigenvalue weighted by atomic mass is 16.6. The summed E-state index contributed by atoms with van der Waals surface area (Å²) >= 11 is 0. The van der Waals surface area contributed by atoms with Crippen molar-refractivity contribution >= 4 is 11.5 Å². The first-order valence-electron chi connectivity index (χ1n) is 5.65. The molecule has 0 saturated carbocycles. The van der Waals surface area contributed by atoms with Gasteiger partial charge in [-0.25, -0.2) is 4.98 Å². The van der Waals surface area contributed by atoms with Crippen LogP contribution >= 0.6 is 0 Å². The molecule has 0 radical (unpaired) electrons. The Morgan fingerprint density at radius 3 is 3.00 bits per heavy atom. The normalized spacial score (nSPS) is 19.0. The first-order valence-corrected chi connectivity index (χ1v) is 5.65. The minimum absolute atomic E-state index is 0.0128. The molecule has 2 rings (SSSR count). The molecule has 1 unspecified atom stereocenters. The smallest absolute Gasteiger partial charge is 0.372 e. The number of nitrogens with zero attached hydrogens (tertiary/aromatic N) is 4. The molecule has 0 bridgehead atoms. The minimum Gasteiger partial charge on any atom is -0.476 e. The molecule has 1 aliphatic heterocycles. The number of rotatable bonds is 4. The van der Waals surface area contributed by atoms with Gasteiger partial charge >= 0.3 is 5.69 Å². The van der Waals surface area contributed by atoms with Gasteiger partial charge in [0.15, 0.2) is 0 Å². The maximum Gasteiger partial charge on any atom is 0.372 e. The van der Waals surface area contributed by atoms with E-state index in [9.17, 15) is 10.1 Å². The van der Waals surface area contributed by atoms with Gasteiger partial charge in [0.1, 0.15) is 6.33 Å². The molecule has 0 aromatic carbocycles. The number of anilines is 1. The summed E-state index contributed by atoms with van der Waals surface area (Å²) in [6.45, 7) is 1.97. The molecule has 1 atom stereocenters. The highest BCUT2D eigenvalue weighted by Crippen LogP contribution is 2.35. The molecule has 8 nitrogen and oxygen atoms in total. The summed E-state index contributed by atoms with van der Waals surface area (Å²) in [5.41, 5.74) is 5.43. The zero-order valence-electron chi connectivity index (χ0n) is 10.1. The van der Waals surface area contributed by atoms with E-state index in [0.29, 0.717) is 31.4 Å². The van der Waals surface area contributed by atoms with Gasteiger partial charge in [0, 0.05) is 13.1 Å². The minimum atomic E-state index is -0.510. The van der Waals surface area contributed by atoms with Crippen molar-refractivity contribution in [2.24, 2.45) is 11.7 Å². The number of nitrogens with two attached hydrogens (primary N) is 1. The zero-order chi connectivity index (χ0) is 13.1. The molecular formula is C10H15N5O3. The lowest BCUT2D eigenvalue weighted by Crippen LogP contribution is -2.24. The molecule has 1 aromatic heterocycles.